The highest BCUT2D eigenvalue weighted by Gasteiger charge is 2.33. The lowest BCUT2D eigenvalue weighted by atomic mass is 10.1. The lowest BCUT2D eigenvalue weighted by Crippen LogP contribution is -2.40. The van der Waals surface area contributed by atoms with Crippen LogP contribution in [-0.2, 0) is 0 Å². The lowest BCUT2D eigenvalue weighted by Gasteiger charge is -2.23. The molecule has 0 N–H and O–H groups in total. The maximum absolute atomic E-state index is 12.5. The van der Waals surface area contributed by atoms with Crippen LogP contribution in [0.4, 0.5) is 18.9 Å². The summed E-state index contributed by atoms with van der Waals surface area (Å²) in [7, 11) is 0. The third kappa shape index (κ3) is 5.00. The summed E-state index contributed by atoms with van der Waals surface area (Å²) in [5.41, 5.74) is -0.0588. The number of halogens is 4. The monoisotopic (exact) mass is 368 g/mol. The number of rotatable bonds is 5. The molecule has 1 aromatic rings. The molecule has 21 heavy (non-hydrogen) atoms. The van der Waals surface area contributed by atoms with Gasteiger partial charge in [-0.3, -0.25) is 14.9 Å². The Labute approximate surface area is 127 Å². The van der Waals surface area contributed by atoms with Gasteiger partial charge < -0.3 is 4.90 Å². The van der Waals surface area contributed by atoms with Crippen molar-refractivity contribution in [2.45, 2.75) is 13.1 Å². The number of nitrogens with zero attached hydrogens (tertiary/aromatic N) is 2. The average molecular weight is 369 g/mol. The zero-order chi connectivity index (χ0) is 16.2. The Bertz CT molecular complexity index is 549. The van der Waals surface area contributed by atoms with Crippen LogP contribution < -0.4 is 0 Å². The maximum Gasteiger partial charge on any atom is 0.406 e. The first-order valence-corrected chi connectivity index (χ1v) is 6.95. The van der Waals surface area contributed by atoms with Gasteiger partial charge in [0.2, 0.25) is 0 Å². The summed E-state index contributed by atoms with van der Waals surface area (Å²) in [6.07, 6.45) is -4.54. The van der Waals surface area contributed by atoms with Gasteiger partial charge in [0.1, 0.15) is 6.54 Å². The van der Waals surface area contributed by atoms with Crippen LogP contribution in [0.3, 0.4) is 0 Å². The van der Waals surface area contributed by atoms with E-state index < -0.39 is 23.6 Å². The van der Waals surface area contributed by atoms with Gasteiger partial charge >= 0.3 is 6.18 Å². The van der Waals surface area contributed by atoms with E-state index in [1.54, 1.807) is 0 Å². The van der Waals surface area contributed by atoms with Gasteiger partial charge in [-0.15, -0.1) is 0 Å². The molecule has 9 heteroatoms. The summed E-state index contributed by atoms with van der Waals surface area (Å²) < 4.78 is 37.5. The minimum absolute atomic E-state index is 0.102. The SMILES string of the molecule is Cc1ccc([N+](=O)[O-])cc1C(=O)N(CCBr)CC(F)(F)F. The Hall–Kier alpha value is -1.64. The molecule has 0 fully saturated rings. The zero-order valence-corrected chi connectivity index (χ0v) is 12.6. The Kier molecular flexibility index (Phi) is 5.70. The lowest BCUT2D eigenvalue weighted by molar-refractivity contribution is -0.384. The molecule has 0 bridgehead atoms. The molecule has 0 radical (unpaired) electrons. The Morgan fingerprint density at radius 2 is 2.05 bits per heavy atom. The Morgan fingerprint density at radius 1 is 1.43 bits per heavy atom. The minimum Gasteiger partial charge on any atom is -0.329 e. The third-order valence-electron chi connectivity index (χ3n) is 2.67. The summed E-state index contributed by atoms with van der Waals surface area (Å²) in [5.74, 6) is -0.882. The number of hydrogen-bond donors (Lipinski definition) is 0. The summed E-state index contributed by atoms with van der Waals surface area (Å²) in [6.45, 7) is -0.0447. The molecule has 116 valence electrons. The highest BCUT2D eigenvalue weighted by atomic mass is 79.9. The number of benzene rings is 1. The first kappa shape index (κ1) is 17.4. The van der Waals surface area contributed by atoms with E-state index in [0.29, 0.717) is 10.5 Å². The summed E-state index contributed by atoms with van der Waals surface area (Å²) >= 11 is 2.99. The number of carbonyl (C=O) groups is 1. The van der Waals surface area contributed by atoms with Crippen LogP contribution in [0.25, 0.3) is 0 Å². The molecule has 0 spiro atoms. The van der Waals surface area contributed by atoms with E-state index in [2.05, 4.69) is 15.9 Å². The molecular formula is C12H12BrF3N2O3. The second kappa shape index (κ2) is 6.88. The van der Waals surface area contributed by atoms with Gasteiger partial charge in [0.05, 0.1) is 4.92 Å². The van der Waals surface area contributed by atoms with Crippen molar-refractivity contribution in [1.29, 1.82) is 0 Å². The van der Waals surface area contributed by atoms with E-state index in [-0.39, 0.29) is 23.1 Å². The first-order chi connectivity index (χ1) is 9.65. The molecule has 0 heterocycles. The molecule has 0 saturated heterocycles. The number of hydrogen-bond acceptors (Lipinski definition) is 3. The first-order valence-electron chi connectivity index (χ1n) is 5.82. The Balaban J connectivity index is 3.13. The molecule has 1 aromatic carbocycles. The number of amides is 1. The molecule has 0 saturated carbocycles. The quantitative estimate of drug-likeness (QED) is 0.455. The average Bonchev–Trinajstić information content (AvgIpc) is 2.36. The van der Waals surface area contributed by atoms with E-state index in [1.165, 1.54) is 19.1 Å². The number of carbonyl (C=O) groups excluding carboxylic acids is 1. The number of nitro benzene ring substituents is 1. The van der Waals surface area contributed by atoms with Gasteiger partial charge in [0, 0.05) is 29.6 Å². The maximum atomic E-state index is 12.5. The summed E-state index contributed by atoms with van der Waals surface area (Å²) in [5, 5.41) is 10.9. The predicted octanol–water partition coefficient (Wildman–Crippen LogP) is 3.30. The molecule has 1 rings (SSSR count). The molecule has 0 aliphatic rings. The molecule has 1 amide bonds. The van der Waals surface area contributed by atoms with E-state index in [1.807, 2.05) is 0 Å². The van der Waals surface area contributed by atoms with Gasteiger partial charge in [0.25, 0.3) is 11.6 Å². The third-order valence-corrected chi connectivity index (χ3v) is 3.03. The predicted molar refractivity (Wildman–Crippen MR) is 73.6 cm³/mol. The van der Waals surface area contributed by atoms with Crippen molar-refractivity contribution in [1.82, 2.24) is 4.90 Å². The van der Waals surface area contributed by atoms with Crippen LogP contribution in [0.1, 0.15) is 15.9 Å². The van der Waals surface area contributed by atoms with Gasteiger partial charge in [-0.2, -0.15) is 13.2 Å². The summed E-state index contributed by atoms with van der Waals surface area (Å²) in [6, 6.07) is 3.53. The fourth-order valence-electron chi connectivity index (χ4n) is 1.70. The second-order valence-corrected chi connectivity index (χ2v) is 5.08. The fraction of sp³-hybridized carbons (Fsp3) is 0.417. The van der Waals surface area contributed by atoms with Crippen molar-refractivity contribution in [3.8, 4) is 0 Å². The molecule has 5 nitrogen and oxygen atoms in total. The van der Waals surface area contributed by atoms with Crippen LogP contribution >= 0.6 is 15.9 Å². The summed E-state index contributed by atoms with van der Waals surface area (Å²) in [4.78, 5) is 22.8. The van der Waals surface area contributed by atoms with Crippen molar-refractivity contribution >= 4 is 27.5 Å². The number of aryl methyl sites for hydroxylation is 1. The normalized spacial score (nSPS) is 11.3. The van der Waals surface area contributed by atoms with Crippen molar-refractivity contribution in [2.24, 2.45) is 0 Å². The van der Waals surface area contributed by atoms with Gasteiger partial charge in [-0.25, -0.2) is 0 Å². The highest BCUT2D eigenvalue weighted by molar-refractivity contribution is 9.09. The fourth-order valence-corrected chi connectivity index (χ4v) is 2.12. The van der Waals surface area contributed by atoms with E-state index in [4.69, 9.17) is 0 Å². The molecule has 0 unspecified atom stereocenters. The van der Waals surface area contributed by atoms with Crippen LogP contribution in [0.15, 0.2) is 18.2 Å². The van der Waals surface area contributed by atoms with Crippen LogP contribution in [-0.4, -0.2) is 40.3 Å². The molecular weight excluding hydrogens is 357 g/mol. The van der Waals surface area contributed by atoms with Crippen LogP contribution in [0.5, 0.6) is 0 Å². The largest absolute Gasteiger partial charge is 0.406 e. The minimum atomic E-state index is -4.54. The van der Waals surface area contributed by atoms with E-state index >= 15 is 0 Å². The molecule has 0 atom stereocenters. The van der Waals surface area contributed by atoms with Crippen molar-refractivity contribution < 1.29 is 22.9 Å². The number of alkyl halides is 4. The van der Waals surface area contributed by atoms with Crippen LogP contribution in [0.2, 0.25) is 0 Å². The van der Waals surface area contributed by atoms with Gasteiger partial charge in [-0.05, 0) is 12.5 Å². The topological polar surface area (TPSA) is 63.5 Å². The zero-order valence-electron chi connectivity index (χ0n) is 11.0. The number of non-ortho nitro benzene ring substituents is 1. The Morgan fingerprint density at radius 3 is 2.52 bits per heavy atom. The van der Waals surface area contributed by atoms with Crippen molar-refractivity contribution in [2.75, 3.05) is 18.4 Å². The van der Waals surface area contributed by atoms with Gasteiger partial charge in [-0.1, -0.05) is 22.0 Å². The van der Waals surface area contributed by atoms with Gasteiger partial charge in [0.15, 0.2) is 0 Å². The molecule has 0 aliphatic carbocycles. The smallest absolute Gasteiger partial charge is 0.329 e. The van der Waals surface area contributed by atoms with Crippen molar-refractivity contribution in [3.05, 3.63) is 39.4 Å². The molecule has 0 aromatic heterocycles. The van der Waals surface area contributed by atoms with E-state index in [0.717, 1.165) is 6.07 Å². The molecule has 0 aliphatic heterocycles. The van der Waals surface area contributed by atoms with Crippen LogP contribution in [0, 0.1) is 17.0 Å². The van der Waals surface area contributed by atoms with Crippen molar-refractivity contribution in [3.63, 3.8) is 0 Å². The van der Waals surface area contributed by atoms with E-state index in [9.17, 15) is 28.1 Å². The second-order valence-electron chi connectivity index (χ2n) is 4.29. The standard InChI is InChI=1S/C12H12BrF3N2O3/c1-8-2-3-9(18(20)21)6-10(8)11(19)17(5-4-13)7-12(14,15)16/h2-3,6H,4-5,7H2,1H3. The number of nitro groups is 1. The highest BCUT2D eigenvalue weighted by Crippen LogP contribution is 2.22.